The van der Waals surface area contributed by atoms with E-state index in [-0.39, 0.29) is 0 Å². The summed E-state index contributed by atoms with van der Waals surface area (Å²) < 4.78 is 9.58. The van der Waals surface area contributed by atoms with E-state index in [1.807, 2.05) is 6.26 Å². The second-order valence-corrected chi connectivity index (χ2v) is 4.53. The van der Waals surface area contributed by atoms with Crippen molar-refractivity contribution >= 4 is 34.9 Å². The van der Waals surface area contributed by atoms with Gasteiger partial charge in [0.15, 0.2) is 0 Å². The zero-order valence-corrected chi connectivity index (χ0v) is 10.2. The summed E-state index contributed by atoms with van der Waals surface area (Å²) in [6, 6.07) is 7.13. The van der Waals surface area contributed by atoms with Gasteiger partial charge in [-0.1, -0.05) is 23.4 Å². The number of hydrogen-bond acceptors (Lipinski definition) is 5. The Morgan fingerprint density at radius 3 is 2.67 bits per heavy atom. The molecule has 0 unspecified atom stereocenters. The van der Waals surface area contributed by atoms with E-state index in [0.29, 0.717) is 16.0 Å². The van der Waals surface area contributed by atoms with Crippen LogP contribution in [-0.4, -0.2) is 15.6 Å². The lowest BCUT2D eigenvalue weighted by Crippen LogP contribution is -1.82. The molecular formula is C9H7ClN2OS2. The first-order valence-corrected chi connectivity index (χ1v) is 6.46. The molecule has 78 valence electrons. The molecule has 0 aliphatic carbocycles. The van der Waals surface area contributed by atoms with Crippen LogP contribution < -0.4 is 4.74 Å². The van der Waals surface area contributed by atoms with Crippen LogP contribution in [0.3, 0.4) is 0 Å². The molecule has 0 radical (unpaired) electrons. The predicted octanol–water partition coefficient (Wildman–Crippen LogP) is 3.71. The molecule has 0 fully saturated rings. The number of rotatable bonds is 3. The summed E-state index contributed by atoms with van der Waals surface area (Å²) in [5, 5.41) is 1.95. The van der Waals surface area contributed by atoms with Crippen molar-refractivity contribution in [3.8, 4) is 10.9 Å². The molecule has 0 spiro atoms. The van der Waals surface area contributed by atoms with Gasteiger partial charge in [-0.25, -0.2) is 0 Å². The van der Waals surface area contributed by atoms with Gasteiger partial charge in [-0.05, 0) is 30.5 Å². The first kappa shape index (κ1) is 10.7. The first-order valence-electron chi connectivity index (χ1n) is 4.09. The van der Waals surface area contributed by atoms with E-state index < -0.39 is 0 Å². The minimum Gasteiger partial charge on any atom is -0.430 e. The zero-order chi connectivity index (χ0) is 10.7. The average molecular weight is 259 g/mol. The van der Waals surface area contributed by atoms with Crippen LogP contribution in [0.25, 0.3) is 0 Å². The first-order chi connectivity index (χ1) is 7.28. The predicted molar refractivity (Wildman–Crippen MR) is 63.2 cm³/mol. The van der Waals surface area contributed by atoms with E-state index in [2.05, 4.69) is 9.36 Å². The third-order valence-corrected chi connectivity index (χ3v) is 3.10. The lowest BCUT2D eigenvalue weighted by Gasteiger charge is -1.99. The average Bonchev–Trinajstić information content (AvgIpc) is 2.69. The molecule has 0 bridgehead atoms. The van der Waals surface area contributed by atoms with Gasteiger partial charge < -0.3 is 4.74 Å². The van der Waals surface area contributed by atoms with Crippen molar-refractivity contribution in [1.82, 2.24) is 9.36 Å². The Labute approximate surface area is 101 Å². The third-order valence-electron chi connectivity index (χ3n) is 1.59. The van der Waals surface area contributed by atoms with Crippen LogP contribution in [0.1, 0.15) is 0 Å². The molecule has 1 heterocycles. The highest BCUT2D eigenvalue weighted by atomic mass is 35.5. The molecular weight excluding hydrogens is 252 g/mol. The summed E-state index contributed by atoms with van der Waals surface area (Å²) in [5.74, 6) is 0.711. The van der Waals surface area contributed by atoms with E-state index in [1.165, 1.54) is 23.3 Å². The van der Waals surface area contributed by atoms with Gasteiger partial charge in [0.25, 0.3) is 5.19 Å². The maximum absolute atomic E-state index is 5.76. The number of nitrogens with zero attached hydrogens (tertiary/aromatic N) is 2. The highest BCUT2D eigenvalue weighted by molar-refractivity contribution is 7.98. The summed E-state index contributed by atoms with van der Waals surface area (Å²) in [6.07, 6.45) is 1.92. The number of thioether (sulfide) groups is 1. The van der Waals surface area contributed by atoms with Crippen molar-refractivity contribution in [3.05, 3.63) is 29.3 Å². The number of hydrogen-bond donors (Lipinski definition) is 0. The van der Waals surface area contributed by atoms with Crippen molar-refractivity contribution in [2.24, 2.45) is 0 Å². The van der Waals surface area contributed by atoms with Gasteiger partial charge in [-0.3, -0.25) is 0 Å². The minimum atomic E-state index is 0.543. The van der Waals surface area contributed by atoms with Gasteiger partial charge in [0, 0.05) is 16.6 Å². The molecule has 0 N–H and O–H groups in total. The highest BCUT2D eigenvalue weighted by Crippen LogP contribution is 2.26. The Balaban J connectivity index is 2.11. The zero-order valence-electron chi connectivity index (χ0n) is 7.81. The molecule has 2 aromatic rings. The van der Waals surface area contributed by atoms with E-state index in [4.69, 9.17) is 16.3 Å². The van der Waals surface area contributed by atoms with Crippen LogP contribution in [0.2, 0.25) is 5.02 Å². The van der Waals surface area contributed by atoms with Crippen LogP contribution in [0.15, 0.2) is 29.4 Å². The Hall–Kier alpha value is -0.780. The quantitative estimate of drug-likeness (QED) is 0.787. The summed E-state index contributed by atoms with van der Waals surface area (Å²) in [4.78, 5) is 4.16. The normalized spacial score (nSPS) is 10.3. The molecule has 0 amide bonds. The van der Waals surface area contributed by atoms with Crippen LogP contribution in [0.4, 0.5) is 0 Å². The number of halogens is 1. The second-order valence-electron chi connectivity index (χ2n) is 2.60. The molecule has 15 heavy (non-hydrogen) atoms. The summed E-state index contributed by atoms with van der Waals surface area (Å²) in [6.45, 7) is 0. The second kappa shape index (κ2) is 4.83. The summed E-state index contributed by atoms with van der Waals surface area (Å²) in [5.41, 5.74) is 0. The fourth-order valence-electron chi connectivity index (χ4n) is 0.925. The Kier molecular flexibility index (Phi) is 3.45. The molecule has 2 rings (SSSR count). The molecule has 1 aromatic heterocycles. The third kappa shape index (κ3) is 2.84. The fraction of sp³-hybridized carbons (Fsp3) is 0.111. The largest absolute Gasteiger partial charge is 0.430 e. The summed E-state index contributed by atoms with van der Waals surface area (Å²) in [7, 11) is 0. The van der Waals surface area contributed by atoms with Crippen molar-refractivity contribution < 1.29 is 4.74 Å². The summed E-state index contributed by atoms with van der Waals surface area (Å²) >= 11 is 8.48. The minimum absolute atomic E-state index is 0.543. The van der Waals surface area contributed by atoms with Gasteiger partial charge >= 0.3 is 0 Å². The van der Waals surface area contributed by atoms with E-state index in [1.54, 1.807) is 24.3 Å². The molecule has 0 aliphatic heterocycles. The van der Waals surface area contributed by atoms with E-state index in [9.17, 15) is 0 Å². The highest BCUT2D eigenvalue weighted by Gasteiger charge is 2.04. The van der Waals surface area contributed by atoms with Crippen LogP contribution in [0, 0.1) is 0 Å². The van der Waals surface area contributed by atoms with E-state index in [0.717, 1.165) is 5.16 Å². The fourth-order valence-corrected chi connectivity index (χ4v) is 2.15. The molecule has 0 saturated heterocycles. The number of benzene rings is 1. The smallest absolute Gasteiger partial charge is 0.299 e. The maximum atomic E-state index is 5.76. The van der Waals surface area contributed by atoms with Gasteiger partial charge in [-0.2, -0.15) is 9.36 Å². The van der Waals surface area contributed by atoms with Gasteiger partial charge in [0.05, 0.1) is 0 Å². The van der Waals surface area contributed by atoms with Crippen LogP contribution >= 0.6 is 34.9 Å². The van der Waals surface area contributed by atoms with Crippen LogP contribution in [0.5, 0.6) is 10.9 Å². The van der Waals surface area contributed by atoms with Crippen molar-refractivity contribution in [3.63, 3.8) is 0 Å². The Morgan fingerprint density at radius 1 is 1.33 bits per heavy atom. The van der Waals surface area contributed by atoms with Crippen molar-refractivity contribution in [2.45, 2.75) is 5.16 Å². The number of ether oxygens (including phenoxy) is 1. The number of aromatic nitrogens is 2. The van der Waals surface area contributed by atoms with Crippen molar-refractivity contribution in [2.75, 3.05) is 6.26 Å². The van der Waals surface area contributed by atoms with Gasteiger partial charge in [0.1, 0.15) is 5.75 Å². The monoisotopic (exact) mass is 258 g/mol. The SMILES string of the molecule is CSc1nsc(Oc2ccc(Cl)cc2)n1. The molecule has 3 nitrogen and oxygen atoms in total. The molecule has 6 heteroatoms. The van der Waals surface area contributed by atoms with Crippen LogP contribution in [-0.2, 0) is 0 Å². The van der Waals surface area contributed by atoms with Gasteiger partial charge in [-0.15, -0.1) is 0 Å². The Morgan fingerprint density at radius 2 is 2.07 bits per heavy atom. The lowest BCUT2D eigenvalue weighted by atomic mass is 10.3. The maximum Gasteiger partial charge on any atom is 0.299 e. The molecule has 0 saturated carbocycles. The van der Waals surface area contributed by atoms with Crippen molar-refractivity contribution in [1.29, 1.82) is 0 Å². The Bertz CT molecular complexity index is 444. The molecule has 0 atom stereocenters. The van der Waals surface area contributed by atoms with Gasteiger partial charge in [0.2, 0.25) is 5.16 Å². The standard InChI is InChI=1S/C9H7ClN2OS2/c1-14-8-11-9(15-12-8)13-7-4-2-6(10)3-5-7/h2-5H,1H3. The topological polar surface area (TPSA) is 35.0 Å². The van der Waals surface area contributed by atoms with E-state index >= 15 is 0 Å². The molecule has 0 aliphatic rings. The molecule has 1 aromatic carbocycles. The lowest BCUT2D eigenvalue weighted by molar-refractivity contribution is 0.475.